The molecule has 3 aliphatic rings. The lowest BCUT2D eigenvalue weighted by molar-refractivity contribution is 0.189. The molecule has 0 aromatic carbocycles. The molecule has 4 atom stereocenters. The summed E-state index contributed by atoms with van der Waals surface area (Å²) in [6.45, 7) is 4.86. The van der Waals surface area contributed by atoms with Crippen LogP contribution in [0.3, 0.4) is 0 Å². The molecular formula is C38H72. The van der Waals surface area contributed by atoms with E-state index in [4.69, 9.17) is 0 Å². The quantitative estimate of drug-likeness (QED) is 0.275. The van der Waals surface area contributed by atoms with Crippen LogP contribution in [-0.2, 0) is 0 Å². The van der Waals surface area contributed by atoms with Crippen molar-refractivity contribution in [2.75, 3.05) is 0 Å². The lowest BCUT2D eigenvalue weighted by Crippen LogP contribution is -2.20. The maximum Gasteiger partial charge on any atom is -0.0386 e. The minimum Gasteiger partial charge on any atom is -0.0654 e. The number of rotatable bonds is 8. The molecule has 3 fully saturated rings. The normalized spacial score (nSPS) is 34.3. The molecule has 0 spiro atoms. The van der Waals surface area contributed by atoms with Crippen LogP contribution in [0.1, 0.15) is 206 Å². The Balaban J connectivity index is 1.59. The Kier molecular flexibility index (Phi) is 17.8. The fourth-order valence-electron chi connectivity index (χ4n) is 8.93. The second-order valence-corrected chi connectivity index (χ2v) is 15.0. The second-order valence-electron chi connectivity index (χ2n) is 15.0. The van der Waals surface area contributed by atoms with Gasteiger partial charge in [-0.05, 0) is 54.8 Å². The van der Waals surface area contributed by atoms with Crippen molar-refractivity contribution in [2.24, 2.45) is 35.5 Å². The summed E-state index contributed by atoms with van der Waals surface area (Å²) in [6, 6.07) is 0. The highest BCUT2D eigenvalue weighted by Gasteiger charge is 2.26. The summed E-state index contributed by atoms with van der Waals surface area (Å²) in [7, 11) is 0. The third-order valence-corrected chi connectivity index (χ3v) is 11.7. The van der Waals surface area contributed by atoms with E-state index in [0.717, 1.165) is 35.5 Å². The zero-order valence-corrected chi connectivity index (χ0v) is 26.7. The molecule has 4 unspecified atom stereocenters. The van der Waals surface area contributed by atoms with E-state index in [9.17, 15) is 0 Å². The average molecular weight is 529 g/mol. The molecule has 0 radical (unpaired) electrons. The molecule has 0 heterocycles. The van der Waals surface area contributed by atoms with Gasteiger partial charge >= 0.3 is 0 Å². The fraction of sp³-hybridized carbons (Fsp3) is 1.00. The summed E-state index contributed by atoms with van der Waals surface area (Å²) in [5.41, 5.74) is 0. The van der Waals surface area contributed by atoms with E-state index >= 15 is 0 Å². The summed E-state index contributed by atoms with van der Waals surface area (Å²) in [5, 5.41) is 0. The van der Waals surface area contributed by atoms with Gasteiger partial charge in [0.15, 0.2) is 0 Å². The van der Waals surface area contributed by atoms with Crippen LogP contribution in [0.5, 0.6) is 0 Å². The zero-order valence-electron chi connectivity index (χ0n) is 26.7. The third-order valence-electron chi connectivity index (χ3n) is 11.7. The maximum atomic E-state index is 2.50. The van der Waals surface area contributed by atoms with Crippen LogP contribution < -0.4 is 0 Å². The standard InChI is InChI=1S/C38H72/c1-3-4-5-14-19-34-20-15-10-6-8-12-17-22-37(30-28-34)38-23-18-13-9-7-11-16-21-35(29-31-38)32-36-26-24-33(2)25-27-36/h33-38H,3-32H2,1-2H3. The summed E-state index contributed by atoms with van der Waals surface area (Å²) >= 11 is 0. The van der Waals surface area contributed by atoms with Crippen LogP contribution in [0.4, 0.5) is 0 Å². The van der Waals surface area contributed by atoms with Gasteiger partial charge in [-0.1, -0.05) is 187 Å². The Labute approximate surface area is 241 Å². The van der Waals surface area contributed by atoms with Crippen LogP contribution in [0.15, 0.2) is 0 Å². The smallest absolute Gasteiger partial charge is 0.0386 e. The molecule has 3 rings (SSSR count). The molecule has 3 aliphatic carbocycles. The Bertz CT molecular complexity index is 526. The van der Waals surface area contributed by atoms with Crippen LogP contribution in [0, 0.1) is 35.5 Å². The Morgan fingerprint density at radius 2 is 0.842 bits per heavy atom. The summed E-state index contributed by atoms with van der Waals surface area (Å²) in [6.07, 6.45) is 45.9. The van der Waals surface area contributed by atoms with Gasteiger partial charge in [-0.25, -0.2) is 0 Å². The molecule has 0 nitrogen and oxygen atoms in total. The van der Waals surface area contributed by atoms with Crippen LogP contribution >= 0.6 is 0 Å². The number of unbranched alkanes of at least 4 members (excludes halogenated alkanes) is 3. The van der Waals surface area contributed by atoms with Gasteiger partial charge in [-0.15, -0.1) is 0 Å². The predicted molar refractivity (Wildman–Crippen MR) is 171 cm³/mol. The first-order valence-electron chi connectivity index (χ1n) is 18.7. The van der Waals surface area contributed by atoms with Crippen molar-refractivity contribution in [1.82, 2.24) is 0 Å². The monoisotopic (exact) mass is 529 g/mol. The van der Waals surface area contributed by atoms with E-state index in [0.29, 0.717) is 0 Å². The molecular weight excluding hydrogens is 456 g/mol. The molecule has 0 aromatic rings. The molecule has 0 N–H and O–H groups in total. The van der Waals surface area contributed by atoms with Gasteiger partial charge in [0.1, 0.15) is 0 Å². The van der Waals surface area contributed by atoms with E-state index in [2.05, 4.69) is 13.8 Å². The van der Waals surface area contributed by atoms with Gasteiger partial charge in [0.2, 0.25) is 0 Å². The maximum absolute atomic E-state index is 2.50. The first-order chi connectivity index (χ1) is 18.7. The average Bonchev–Trinajstić information content (AvgIpc) is 2.91. The lowest BCUT2D eigenvalue weighted by atomic mass is 9.73. The SMILES string of the molecule is CCCCCCC1CCCCCCCCC(C2CCCCCCCCC(CC3CCC(C)CC3)CC2)CC1. The van der Waals surface area contributed by atoms with Crippen molar-refractivity contribution in [3.63, 3.8) is 0 Å². The summed E-state index contributed by atoms with van der Waals surface area (Å²) in [5.74, 6) is 6.26. The third kappa shape index (κ3) is 14.1. The van der Waals surface area contributed by atoms with Crippen molar-refractivity contribution in [3.05, 3.63) is 0 Å². The van der Waals surface area contributed by atoms with Crippen LogP contribution in [0.25, 0.3) is 0 Å². The molecule has 0 heteroatoms. The fourth-order valence-corrected chi connectivity index (χ4v) is 8.93. The summed E-state index contributed by atoms with van der Waals surface area (Å²) < 4.78 is 0. The molecule has 3 saturated carbocycles. The predicted octanol–water partition coefficient (Wildman–Crippen LogP) is 13.5. The topological polar surface area (TPSA) is 0 Å². The van der Waals surface area contributed by atoms with Gasteiger partial charge in [0, 0.05) is 0 Å². The zero-order chi connectivity index (χ0) is 26.7. The highest BCUT2D eigenvalue weighted by atomic mass is 14.3. The van der Waals surface area contributed by atoms with Crippen molar-refractivity contribution in [1.29, 1.82) is 0 Å². The van der Waals surface area contributed by atoms with E-state index in [-0.39, 0.29) is 0 Å². The van der Waals surface area contributed by atoms with Gasteiger partial charge in [0.05, 0.1) is 0 Å². The van der Waals surface area contributed by atoms with E-state index < -0.39 is 0 Å². The number of hydrogen-bond donors (Lipinski definition) is 0. The van der Waals surface area contributed by atoms with Gasteiger partial charge in [-0.2, -0.15) is 0 Å². The number of hydrogen-bond acceptors (Lipinski definition) is 0. The first-order valence-corrected chi connectivity index (χ1v) is 18.7. The van der Waals surface area contributed by atoms with Crippen LogP contribution in [-0.4, -0.2) is 0 Å². The lowest BCUT2D eigenvalue weighted by Gasteiger charge is -2.33. The van der Waals surface area contributed by atoms with Gasteiger partial charge < -0.3 is 0 Å². The highest BCUT2D eigenvalue weighted by molar-refractivity contribution is 4.78. The highest BCUT2D eigenvalue weighted by Crippen LogP contribution is 2.39. The van der Waals surface area contributed by atoms with Gasteiger partial charge in [0.25, 0.3) is 0 Å². The second kappa shape index (κ2) is 20.8. The van der Waals surface area contributed by atoms with Crippen molar-refractivity contribution in [3.8, 4) is 0 Å². The summed E-state index contributed by atoms with van der Waals surface area (Å²) in [4.78, 5) is 0. The first kappa shape index (κ1) is 32.5. The van der Waals surface area contributed by atoms with Crippen molar-refractivity contribution in [2.45, 2.75) is 206 Å². The van der Waals surface area contributed by atoms with Gasteiger partial charge in [-0.3, -0.25) is 0 Å². The molecule has 0 bridgehead atoms. The molecule has 0 aromatic heterocycles. The minimum absolute atomic E-state index is 1.00. The van der Waals surface area contributed by atoms with E-state index in [1.807, 2.05) is 0 Å². The molecule has 38 heavy (non-hydrogen) atoms. The molecule has 224 valence electrons. The van der Waals surface area contributed by atoms with Crippen molar-refractivity contribution >= 4 is 0 Å². The largest absolute Gasteiger partial charge is 0.0654 e. The minimum atomic E-state index is 1.00. The van der Waals surface area contributed by atoms with Crippen molar-refractivity contribution < 1.29 is 0 Å². The Hall–Kier alpha value is 0. The molecule has 0 aliphatic heterocycles. The Morgan fingerprint density at radius 3 is 1.42 bits per heavy atom. The molecule has 0 amide bonds. The Morgan fingerprint density at radius 1 is 0.395 bits per heavy atom. The van der Waals surface area contributed by atoms with E-state index in [1.165, 1.54) is 116 Å². The van der Waals surface area contributed by atoms with E-state index in [1.54, 1.807) is 77.0 Å². The van der Waals surface area contributed by atoms with Crippen LogP contribution in [0.2, 0.25) is 0 Å². The molecule has 0 saturated heterocycles.